The second kappa shape index (κ2) is 4.40. The van der Waals surface area contributed by atoms with Gasteiger partial charge in [-0.15, -0.1) is 0 Å². The van der Waals surface area contributed by atoms with Crippen LogP contribution in [-0.2, 0) is 4.74 Å². The third kappa shape index (κ3) is 2.66. The quantitative estimate of drug-likeness (QED) is 0.682. The van der Waals surface area contributed by atoms with Crippen molar-refractivity contribution in [3.05, 3.63) is 0 Å². The van der Waals surface area contributed by atoms with Crippen LogP contribution in [0, 0.1) is 0 Å². The van der Waals surface area contributed by atoms with Crippen LogP contribution in [0.15, 0.2) is 0 Å². The number of ether oxygens (including phenoxy) is 1. The minimum absolute atomic E-state index is 0.445. The molecule has 2 N–H and O–H groups in total. The smallest absolute Gasteiger partial charge is 0.0702 e. The fourth-order valence-corrected chi connectivity index (χ4v) is 2.21. The minimum Gasteiger partial charge on any atom is -0.377 e. The highest BCUT2D eigenvalue weighted by Gasteiger charge is 2.22. The number of nitrogens with two attached hydrogens (primary N) is 1. The molecule has 13 heavy (non-hydrogen) atoms. The molecule has 2 aliphatic rings. The van der Waals surface area contributed by atoms with E-state index in [-0.39, 0.29) is 0 Å². The maximum Gasteiger partial charge on any atom is 0.0702 e. The van der Waals surface area contributed by atoms with Crippen molar-refractivity contribution in [3.8, 4) is 0 Å². The summed E-state index contributed by atoms with van der Waals surface area (Å²) in [5.41, 5.74) is 5.85. The molecule has 2 fully saturated rings. The summed E-state index contributed by atoms with van der Waals surface area (Å²) in [7, 11) is 0. The van der Waals surface area contributed by atoms with Gasteiger partial charge in [-0.3, -0.25) is 0 Å². The van der Waals surface area contributed by atoms with Crippen molar-refractivity contribution in [1.82, 2.24) is 4.90 Å². The normalized spacial score (nSPS) is 32.5. The molecular formula is C10H20N2O. The summed E-state index contributed by atoms with van der Waals surface area (Å²) in [5.74, 6) is 0. The van der Waals surface area contributed by atoms with Crippen molar-refractivity contribution in [3.63, 3.8) is 0 Å². The van der Waals surface area contributed by atoms with Gasteiger partial charge in [0.15, 0.2) is 0 Å². The first-order valence-electron chi connectivity index (χ1n) is 5.44. The van der Waals surface area contributed by atoms with E-state index in [0.29, 0.717) is 12.1 Å². The van der Waals surface area contributed by atoms with Gasteiger partial charge in [0.1, 0.15) is 0 Å². The zero-order valence-corrected chi connectivity index (χ0v) is 8.24. The van der Waals surface area contributed by atoms with Crippen molar-refractivity contribution in [2.24, 2.45) is 5.73 Å². The fourth-order valence-electron chi connectivity index (χ4n) is 2.21. The predicted octanol–water partition coefficient (Wildman–Crippen LogP) is 0.588. The molecule has 0 radical (unpaired) electrons. The first-order valence-corrected chi connectivity index (χ1v) is 5.44. The second-order valence-electron chi connectivity index (χ2n) is 4.27. The molecule has 0 bridgehead atoms. The van der Waals surface area contributed by atoms with Crippen LogP contribution in [0.4, 0.5) is 0 Å². The van der Waals surface area contributed by atoms with Crippen LogP contribution in [0.3, 0.4) is 0 Å². The summed E-state index contributed by atoms with van der Waals surface area (Å²) in [6.07, 6.45) is 5.33. The van der Waals surface area contributed by atoms with Gasteiger partial charge >= 0.3 is 0 Å². The Morgan fingerprint density at radius 2 is 2.00 bits per heavy atom. The molecule has 3 nitrogen and oxygen atoms in total. The zero-order valence-electron chi connectivity index (χ0n) is 8.24. The predicted molar refractivity (Wildman–Crippen MR) is 52.6 cm³/mol. The highest BCUT2D eigenvalue weighted by atomic mass is 16.5. The highest BCUT2D eigenvalue weighted by Crippen LogP contribution is 2.16. The van der Waals surface area contributed by atoms with E-state index in [1.54, 1.807) is 0 Å². The molecule has 0 spiro atoms. The number of piperidine rings is 1. The van der Waals surface area contributed by atoms with Crippen LogP contribution in [0.2, 0.25) is 0 Å². The summed E-state index contributed by atoms with van der Waals surface area (Å²) >= 11 is 0. The number of likely N-dealkylation sites (tertiary alicyclic amines) is 1. The largest absolute Gasteiger partial charge is 0.377 e. The second-order valence-corrected chi connectivity index (χ2v) is 4.27. The maximum atomic E-state index is 5.85. The molecule has 2 saturated heterocycles. The molecule has 0 amide bonds. The minimum atomic E-state index is 0.445. The molecule has 2 heterocycles. The third-order valence-electron chi connectivity index (χ3n) is 3.12. The van der Waals surface area contributed by atoms with Gasteiger partial charge in [-0.1, -0.05) is 0 Å². The van der Waals surface area contributed by atoms with Crippen molar-refractivity contribution >= 4 is 0 Å². The number of hydrogen-bond acceptors (Lipinski definition) is 3. The van der Waals surface area contributed by atoms with Crippen LogP contribution in [0.5, 0.6) is 0 Å². The van der Waals surface area contributed by atoms with Gasteiger partial charge in [-0.2, -0.15) is 0 Å². The zero-order chi connectivity index (χ0) is 9.10. The molecule has 0 saturated carbocycles. The molecule has 0 aromatic carbocycles. The molecule has 1 atom stereocenters. The van der Waals surface area contributed by atoms with Gasteiger partial charge in [-0.25, -0.2) is 0 Å². The summed E-state index contributed by atoms with van der Waals surface area (Å²) in [6.45, 7) is 4.44. The molecular weight excluding hydrogens is 164 g/mol. The number of nitrogens with zero attached hydrogens (tertiary/aromatic N) is 1. The van der Waals surface area contributed by atoms with Gasteiger partial charge in [0, 0.05) is 19.2 Å². The van der Waals surface area contributed by atoms with Gasteiger partial charge < -0.3 is 15.4 Å². The van der Waals surface area contributed by atoms with Crippen molar-refractivity contribution in [2.45, 2.75) is 37.8 Å². The molecule has 2 aliphatic heterocycles. The van der Waals surface area contributed by atoms with Gasteiger partial charge in [0.05, 0.1) is 6.10 Å². The van der Waals surface area contributed by atoms with E-state index in [2.05, 4.69) is 4.90 Å². The summed E-state index contributed by atoms with van der Waals surface area (Å²) in [4.78, 5) is 2.50. The number of hydrogen-bond donors (Lipinski definition) is 1. The van der Waals surface area contributed by atoms with Crippen LogP contribution in [-0.4, -0.2) is 43.3 Å². The van der Waals surface area contributed by atoms with Crippen molar-refractivity contribution < 1.29 is 4.74 Å². The van der Waals surface area contributed by atoms with E-state index in [1.165, 1.54) is 25.9 Å². The summed E-state index contributed by atoms with van der Waals surface area (Å²) in [6, 6.07) is 0.445. The topological polar surface area (TPSA) is 38.5 Å². The summed E-state index contributed by atoms with van der Waals surface area (Å²) in [5, 5.41) is 0. The lowest BCUT2D eigenvalue weighted by atomic mass is 10.1. The lowest BCUT2D eigenvalue weighted by Crippen LogP contribution is -2.42. The van der Waals surface area contributed by atoms with E-state index >= 15 is 0 Å². The Bertz CT molecular complexity index is 149. The van der Waals surface area contributed by atoms with E-state index in [9.17, 15) is 0 Å². The van der Waals surface area contributed by atoms with Gasteiger partial charge in [0.25, 0.3) is 0 Å². The average Bonchev–Trinajstić information content (AvgIpc) is 2.62. The molecule has 2 rings (SSSR count). The average molecular weight is 184 g/mol. The van der Waals surface area contributed by atoms with Gasteiger partial charge in [0.2, 0.25) is 0 Å². The van der Waals surface area contributed by atoms with Crippen molar-refractivity contribution in [2.75, 3.05) is 26.2 Å². The maximum absolute atomic E-state index is 5.85. The van der Waals surface area contributed by atoms with E-state index in [4.69, 9.17) is 10.5 Å². The SMILES string of the molecule is NC1CCN(CC2CCCO2)CC1. The Morgan fingerprint density at radius 1 is 1.23 bits per heavy atom. The van der Waals surface area contributed by atoms with Crippen LogP contribution in [0.1, 0.15) is 25.7 Å². The standard InChI is InChI=1S/C10H20N2O/c11-9-3-5-12(6-4-9)8-10-2-1-7-13-10/h9-10H,1-8,11H2. The lowest BCUT2D eigenvalue weighted by Gasteiger charge is -2.31. The molecule has 3 heteroatoms. The number of rotatable bonds is 2. The lowest BCUT2D eigenvalue weighted by molar-refractivity contribution is 0.0646. The summed E-state index contributed by atoms with van der Waals surface area (Å²) < 4.78 is 5.61. The van der Waals surface area contributed by atoms with E-state index in [0.717, 1.165) is 26.0 Å². The Balaban J connectivity index is 1.69. The van der Waals surface area contributed by atoms with Crippen LogP contribution < -0.4 is 5.73 Å². The Kier molecular flexibility index (Phi) is 3.19. The molecule has 1 unspecified atom stereocenters. The van der Waals surface area contributed by atoms with Crippen LogP contribution in [0.25, 0.3) is 0 Å². The Labute approximate surface area is 80.2 Å². The molecule has 0 aromatic rings. The third-order valence-corrected chi connectivity index (χ3v) is 3.12. The first-order chi connectivity index (χ1) is 6.34. The van der Waals surface area contributed by atoms with Crippen molar-refractivity contribution in [1.29, 1.82) is 0 Å². The van der Waals surface area contributed by atoms with Crippen LogP contribution >= 0.6 is 0 Å². The Morgan fingerprint density at radius 3 is 2.62 bits per heavy atom. The fraction of sp³-hybridized carbons (Fsp3) is 1.00. The molecule has 76 valence electrons. The molecule has 0 aliphatic carbocycles. The van der Waals surface area contributed by atoms with E-state index in [1.807, 2.05) is 0 Å². The molecule has 0 aromatic heterocycles. The highest BCUT2D eigenvalue weighted by molar-refractivity contribution is 4.77. The monoisotopic (exact) mass is 184 g/mol. The van der Waals surface area contributed by atoms with E-state index < -0.39 is 0 Å². The Hall–Kier alpha value is -0.120. The van der Waals surface area contributed by atoms with Gasteiger partial charge in [-0.05, 0) is 38.8 Å². The first kappa shape index (κ1) is 9.44.